The molecule has 10 heteroatoms. The lowest BCUT2D eigenvalue weighted by Crippen LogP contribution is -2.58. The molecule has 168 valence electrons. The molecule has 32 heavy (non-hydrogen) atoms. The number of fused-ring (bicyclic) bond motifs is 1. The number of benzene rings is 1. The lowest BCUT2D eigenvalue weighted by atomic mass is 9.93. The quantitative estimate of drug-likeness (QED) is 0.683. The number of nitrogens with zero attached hydrogens (tertiary/aromatic N) is 3. The smallest absolute Gasteiger partial charge is 0.271 e. The molecule has 2 fully saturated rings. The van der Waals surface area contributed by atoms with E-state index in [1.165, 1.54) is 17.4 Å². The van der Waals surface area contributed by atoms with Crippen molar-refractivity contribution in [1.29, 1.82) is 0 Å². The van der Waals surface area contributed by atoms with E-state index in [2.05, 4.69) is 15.5 Å². The van der Waals surface area contributed by atoms with E-state index in [-0.39, 0.29) is 24.1 Å². The predicted molar refractivity (Wildman–Crippen MR) is 114 cm³/mol. The molecule has 1 aliphatic carbocycles. The van der Waals surface area contributed by atoms with Crippen LogP contribution in [0.15, 0.2) is 29.7 Å². The van der Waals surface area contributed by atoms with Gasteiger partial charge in [0.15, 0.2) is 5.76 Å². The molecule has 3 aliphatic rings. The molecule has 1 amide bonds. The number of hydrogen-bond donors (Lipinski definition) is 2. The molecule has 2 aromatic rings. The van der Waals surface area contributed by atoms with E-state index >= 15 is 0 Å². The first-order valence-electron chi connectivity index (χ1n) is 10.6. The van der Waals surface area contributed by atoms with Crippen LogP contribution in [-0.4, -0.2) is 64.7 Å². The van der Waals surface area contributed by atoms with Gasteiger partial charge >= 0.3 is 0 Å². The van der Waals surface area contributed by atoms with E-state index in [4.69, 9.17) is 4.74 Å². The van der Waals surface area contributed by atoms with Gasteiger partial charge in [-0.15, -0.1) is 21.5 Å². The average Bonchev–Trinajstić information content (AvgIpc) is 3.52. The molecule has 0 bridgehead atoms. The summed E-state index contributed by atoms with van der Waals surface area (Å²) in [5.41, 5.74) is 2.02. The molecule has 0 spiro atoms. The number of amides is 1. The van der Waals surface area contributed by atoms with Gasteiger partial charge in [-0.2, -0.15) is 0 Å². The summed E-state index contributed by atoms with van der Waals surface area (Å²) >= 11 is 1.31. The van der Waals surface area contributed by atoms with E-state index in [9.17, 15) is 19.1 Å². The fourth-order valence-electron chi connectivity index (χ4n) is 4.44. The largest absolute Gasteiger partial charge is 0.503 e. The van der Waals surface area contributed by atoms with Crippen LogP contribution in [-0.2, 0) is 20.7 Å². The summed E-state index contributed by atoms with van der Waals surface area (Å²) in [4.78, 5) is 26.9. The molecule has 1 saturated carbocycles. The van der Waals surface area contributed by atoms with Gasteiger partial charge in [-0.3, -0.25) is 9.59 Å². The molecule has 2 N–H and O–H groups in total. The highest BCUT2D eigenvalue weighted by Gasteiger charge is 2.44. The van der Waals surface area contributed by atoms with Gasteiger partial charge in [0, 0.05) is 26.6 Å². The second kappa shape index (κ2) is 8.25. The van der Waals surface area contributed by atoms with Crippen LogP contribution in [0.2, 0.25) is 0 Å². The number of nitrogens with one attached hydrogen (secondary N) is 1. The van der Waals surface area contributed by atoms with Crippen LogP contribution in [0.4, 0.5) is 4.39 Å². The van der Waals surface area contributed by atoms with Crippen molar-refractivity contribution < 1.29 is 23.8 Å². The number of aromatic nitrogens is 2. The number of hydrogen-bond acceptors (Lipinski definition) is 8. The third-order valence-electron chi connectivity index (χ3n) is 6.20. The fourth-order valence-corrected chi connectivity index (χ4v) is 5.39. The standard InChI is InChI=1S/C22H23FN4O4S/c1-31-10-14-8-24-21(30)18-20(29)19(28)16(9-27(14)18)22-26-25-17(32-22)6-12-4-5-13(23)7-15(12)11-2-3-11/h4-5,7,11,14,16,29H,2-3,6,8-10H2,1H3,(H,24,30)/t14-,16?/m1/s1. The van der Waals surface area contributed by atoms with Crippen molar-refractivity contribution in [2.45, 2.75) is 37.1 Å². The highest BCUT2D eigenvalue weighted by molar-refractivity contribution is 7.11. The maximum atomic E-state index is 13.7. The Morgan fingerprint density at radius 1 is 1.31 bits per heavy atom. The van der Waals surface area contributed by atoms with E-state index in [1.54, 1.807) is 24.1 Å². The van der Waals surface area contributed by atoms with Gasteiger partial charge in [-0.05, 0) is 42.0 Å². The van der Waals surface area contributed by atoms with Gasteiger partial charge in [0.25, 0.3) is 5.91 Å². The van der Waals surface area contributed by atoms with Gasteiger partial charge < -0.3 is 20.1 Å². The lowest BCUT2D eigenvalue weighted by Gasteiger charge is -2.42. The summed E-state index contributed by atoms with van der Waals surface area (Å²) in [7, 11) is 1.56. The van der Waals surface area contributed by atoms with E-state index in [1.807, 2.05) is 0 Å². The predicted octanol–water partition coefficient (Wildman–Crippen LogP) is 2.03. The van der Waals surface area contributed by atoms with Crippen molar-refractivity contribution in [2.75, 3.05) is 26.8 Å². The number of carbonyl (C=O) groups is 2. The number of ether oxygens (including phenoxy) is 1. The number of methoxy groups -OCH3 is 1. The minimum atomic E-state index is -0.716. The molecule has 0 radical (unpaired) electrons. The molecule has 2 atom stereocenters. The second-order valence-electron chi connectivity index (χ2n) is 8.41. The zero-order chi connectivity index (χ0) is 22.4. The van der Waals surface area contributed by atoms with Crippen LogP contribution in [0.5, 0.6) is 0 Å². The number of aliphatic hydroxyl groups excluding tert-OH is 1. The SMILES string of the molecule is COC[C@H]1CNC(=O)C2=C(O)C(=O)C(c3nnc(Cc4ccc(F)cc4C4CC4)s3)CN21. The van der Waals surface area contributed by atoms with Crippen LogP contribution >= 0.6 is 11.3 Å². The molecule has 1 unspecified atom stereocenters. The zero-order valence-electron chi connectivity index (χ0n) is 17.5. The number of Topliss-reactive ketones (excluding diaryl/α,β-unsaturated/α-hetero) is 1. The summed E-state index contributed by atoms with van der Waals surface area (Å²) in [6, 6.07) is 4.65. The topological polar surface area (TPSA) is 105 Å². The van der Waals surface area contributed by atoms with Crippen molar-refractivity contribution in [3.63, 3.8) is 0 Å². The first-order valence-corrected chi connectivity index (χ1v) is 11.4. The zero-order valence-corrected chi connectivity index (χ0v) is 18.3. The molecule has 1 saturated heterocycles. The van der Waals surface area contributed by atoms with Crippen LogP contribution in [0.25, 0.3) is 0 Å². The maximum Gasteiger partial charge on any atom is 0.271 e. The van der Waals surface area contributed by atoms with Gasteiger partial charge in [0.1, 0.15) is 21.5 Å². The number of halogens is 1. The van der Waals surface area contributed by atoms with Gasteiger partial charge in [0.05, 0.1) is 18.6 Å². The van der Waals surface area contributed by atoms with Crippen LogP contribution in [0.3, 0.4) is 0 Å². The molecular formula is C22H23FN4O4S. The number of aliphatic hydroxyl groups is 1. The highest BCUT2D eigenvalue weighted by Crippen LogP contribution is 2.42. The van der Waals surface area contributed by atoms with Gasteiger partial charge in [-0.1, -0.05) is 6.07 Å². The minimum Gasteiger partial charge on any atom is -0.503 e. The Labute approximate surface area is 188 Å². The molecule has 3 heterocycles. The summed E-state index contributed by atoms with van der Waals surface area (Å²) in [5.74, 6) is -2.11. The summed E-state index contributed by atoms with van der Waals surface area (Å²) in [6.45, 7) is 0.923. The average molecular weight is 459 g/mol. The fraction of sp³-hybridized carbons (Fsp3) is 0.455. The molecule has 2 aliphatic heterocycles. The van der Waals surface area contributed by atoms with Gasteiger partial charge in [-0.25, -0.2) is 4.39 Å². The second-order valence-corrected chi connectivity index (χ2v) is 9.51. The molecule has 1 aromatic carbocycles. The monoisotopic (exact) mass is 458 g/mol. The number of allylic oxidation sites excluding steroid dienone is 1. The van der Waals surface area contributed by atoms with Crippen LogP contribution in [0, 0.1) is 5.82 Å². The van der Waals surface area contributed by atoms with Crippen LogP contribution < -0.4 is 5.32 Å². The normalized spacial score (nSPS) is 23.4. The van der Waals surface area contributed by atoms with Crippen LogP contribution in [0.1, 0.15) is 45.8 Å². The Hall–Kier alpha value is -2.85. The van der Waals surface area contributed by atoms with Crippen molar-refractivity contribution in [3.05, 3.63) is 56.6 Å². The maximum absolute atomic E-state index is 13.7. The number of piperazine rings is 1. The Bertz CT molecular complexity index is 1110. The Morgan fingerprint density at radius 3 is 2.88 bits per heavy atom. The molecule has 1 aromatic heterocycles. The van der Waals surface area contributed by atoms with Crippen molar-refractivity contribution >= 4 is 23.0 Å². The summed E-state index contributed by atoms with van der Waals surface area (Å²) < 4.78 is 19.0. The molecular weight excluding hydrogens is 435 g/mol. The number of rotatable bonds is 6. The lowest BCUT2D eigenvalue weighted by molar-refractivity contribution is -0.128. The van der Waals surface area contributed by atoms with Crippen molar-refractivity contribution in [2.24, 2.45) is 0 Å². The number of carbonyl (C=O) groups excluding carboxylic acids is 2. The van der Waals surface area contributed by atoms with Crippen molar-refractivity contribution in [3.8, 4) is 0 Å². The van der Waals surface area contributed by atoms with Gasteiger partial charge in [0.2, 0.25) is 5.78 Å². The Balaban J connectivity index is 1.41. The highest BCUT2D eigenvalue weighted by atomic mass is 32.1. The Kier molecular flexibility index (Phi) is 5.42. The first kappa shape index (κ1) is 21.0. The molecule has 8 nitrogen and oxygen atoms in total. The van der Waals surface area contributed by atoms with E-state index < -0.39 is 23.4 Å². The minimum absolute atomic E-state index is 0.00956. The third kappa shape index (κ3) is 3.77. The third-order valence-corrected chi connectivity index (χ3v) is 7.24. The molecule has 5 rings (SSSR count). The summed E-state index contributed by atoms with van der Waals surface area (Å²) in [5, 5.41) is 23.0. The van der Waals surface area contributed by atoms with E-state index in [0.29, 0.717) is 30.5 Å². The first-order chi connectivity index (χ1) is 15.5. The van der Waals surface area contributed by atoms with Crippen molar-refractivity contribution in [1.82, 2.24) is 20.4 Å². The summed E-state index contributed by atoms with van der Waals surface area (Å²) in [6.07, 6.45) is 2.64. The van der Waals surface area contributed by atoms with E-state index in [0.717, 1.165) is 29.0 Å². The Morgan fingerprint density at radius 2 is 2.12 bits per heavy atom. The number of ketones is 1.